The second kappa shape index (κ2) is 12.0. The van der Waals surface area contributed by atoms with Crippen LogP contribution in [0.25, 0.3) is 0 Å². The molecule has 1 saturated carbocycles. The molecule has 0 bridgehead atoms. The Hall–Kier alpha value is -3.67. The first kappa shape index (κ1) is 33.2. The highest BCUT2D eigenvalue weighted by molar-refractivity contribution is 7.85. The topological polar surface area (TPSA) is 199 Å². The first-order valence-corrected chi connectivity index (χ1v) is 15.3. The molecule has 0 spiro atoms. The first-order valence-electron chi connectivity index (χ1n) is 13.9. The third-order valence-corrected chi connectivity index (χ3v) is 7.17. The molecule has 17 heteroatoms. The maximum atomic E-state index is 13.4. The Morgan fingerprint density at radius 2 is 1.73 bits per heavy atom. The third-order valence-electron chi connectivity index (χ3n) is 6.31. The van der Waals surface area contributed by atoms with E-state index < -0.39 is 69.4 Å². The number of amides is 1. The van der Waals surface area contributed by atoms with Crippen molar-refractivity contribution in [1.82, 2.24) is 24.5 Å². The molecule has 0 unspecified atom stereocenters. The summed E-state index contributed by atoms with van der Waals surface area (Å²) in [7, 11) is -4.49. The summed E-state index contributed by atoms with van der Waals surface area (Å²) in [5.41, 5.74) is -1.61. The zero-order valence-electron chi connectivity index (χ0n) is 25.8. The van der Waals surface area contributed by atoms with E-state index in [1.807, 2.05) is 0 Å². The fraction of sp³-hybridized carbons (Fsp3) is 0.630. The van der Waals surface area contributed by atoms with Gasteiger partial charge in [0.15, 0.2) is 5.79 Å². The van der Waals surface area contributed by atoms with Crippen LogP contribution in [0.3, 0.4) is 0 Å². The Morgan fingerprint density at radius 3 is 2.39 bits per heavy atom. The van der Waals surface area contributed by atoms with Crippen molar-refractivity contribution in [1.29, 1.82) is 0 Å². The van der Waals surface area contributed by atoms with E-state index in [0.717, 1.165) is 4.68 Å². The molecule has 0 radical (unpaired) electrons. The van der Waals surface area contributed by atoms with Crippen LogP contribution >= 0.6 is 0 Å². The molecule has 2 aliphatic rings. The van der Waals surface area contributed by atoms with E-state index >= 15 is 0 Å². The Kier molecular flexibility index (Phi) is 9.08. The largest absolute Gasteiger partial charge is 0.443 e. The summed E-state index contributed by atoms with van der Waals surface area (Å²) >= 11 is 0. The van der Waals surface area contributed by atoms with Crippen LogP contribution in [0.2, 0.25) is 0 Å². The number of anilines is 1. The van der Waals surface area contributed by atoms with Crippen LogP contribution in [-0.4, -0.2) is 88.0 Å². The molecular formula is C27H38N6O10S. The highest BCUT2D eigenvalue weighted by Gasteiger charge is 2.54. The van der Waals surface area contributed by atoms with Gasteiger partial charge < -0.3 is 24.3 Å². The maximum absolute atomic E-state index is 13.4. The van der Waals surface area contributed by atoms with Gasteiger partial charge in [-0.2, -0.15) is 22.9 Å². The lowest BCUT2D eigenvalue weighted by Gasteiger charge is -2.24. The predicted molar refractivity (Wildman–Crippen MR) is 153 cm³/mol. The fourth-order valence-corrected chi connectivity index (χ4v) is 5.44. The van der Waals surface area contributed by atoms with Gasteiger partial charge in [-0.25, -0.2) is 19.6 Å². The second-order valence-electron chi connectivity index (χ2n) is 12.9. The maximum Gasteiger partial charge on any atom is 0.435 e. The fourth-order valence-electron chi connectivity index (χ4n) is 4.78. The lowest BCUT2D eigenvalue weighted by molar-refractivity contribution is -0.158. The van der Waals surface area contributed by atoms with Crippen LogP contribution in [0.1, 0.15) is 77.9 Å². The van der Waals surface area contributed by atoms with Gasteiger partial charge in [-0.1, -0.05) is 0 Å². The zero-order valence-corrected chi connectivity index (χ0v) is 26.6. The molecule has 1 aliphatic carbocycles. The number of nitrogens with zero attached hydrogens (tertiary/aromatic N) is 4. The Morgan fingerprint density at radius 1 is 1.07 bits per heavy atom. The smallest absolute Gasteiger partial charge is 0.435 e. The van der Waals surface area contributed by atoms with E-state index in [2.05, 4.69) is 20.4 Å². The summed E-state index contributed by atoms with van der Waals surface area (Å²) in [5, 5.41) is 7.28. The second-order valence-corrected chi connectivity index (χ2v) is 14.2. The molecule has 242 valence electrons. The number of carbonyl (C=O) groups is 3. The number of hydrogen-bond acceptors (Lipinski definition) is 14. The van der Waals surface area contributed by atoms with Crippen LogP contribution in [0.4, 0.5) is 15.4 Å². The van der Waals surface area contributed by atoms with Gasteiger partial charge in [0.2, 0.25) is 5.78 Å². The molecule has 4 rings (SSSR count). The summed E-state index contributed by atoms with van der Waals surface area (Å²) in [4.78, 5) is 46.0. The Labute approximate surface area is 255 Å². The van der Waals surface area contributed by atoms with Crippen molar-refractivity contribution in [2.24, 2.45) is 5.92 Å². The van der Waals surface area contributed by atoms with Crippen LogP contribution in [0.5, 0.6) is 0 Å². The SMILES string of the molecule is CC(C)(C)OC(=O)NS(=O)(=O)OC[C@H]1C[C@@H](Nc2ncncc2C(=O)c2ccn(C(=O)OC(C)(C)C)n2)[C@@H]2OC(C)(C)O[C@H]12. The van der Waals surface area contributed by atoms with E-state index in [-0.39, 0.29) is 23.7 Å². The molecular weight excluding hydrogens is 600 g/mol. The van der Waals surface area contributed by atoms with Gasteiger partial charge in [0, 0.05) is 18.3 Å². The Bertz CT molecular complexity index is 1510. The minimum absolute atomic E-state index is 0.0337. The van der Waals surface area contributed by atoms with Crippen molar-refractivity contribution >= 4 is 34.1 Å². The Balaban J connectivity index is 1.48. The van der Waals surface area contributed by atoms with Crippen molar-refractivity contribution in [3.05, 3.63) is 36.0 Å². The standard InChI is InChI=1S/C27H38N6O10S/c1-25(2,3)42-23(35)32-44(37,38)39-13-15-11-18(21-20(15)40-27(7,8)41-21)30-22-16(12-28-14-29-22)19(34)17-9-10-33(31-17)24(36)43-26(4,5)6/h9-10,12,14-15,18,20-21H,11,13H2,1-8H3,(H,32,35)(H,28,29,30)/t15-,18-,20-,21+/m1/s1. The minimum Gasteiger partial charge on any atom is -0.443 e. The summed E-state index contributed by atoms with van der Waals surface area (Å²) in [5.74, 6) is -1.84. The summed E-state index contributed by atoms with van der Waals surface area (Å²) < 4.78 is 55.1. The van der Waals surface area contributed by atoms with Crippen LogP contribution in [0.15, 0.2) is 24.8 Å². The highest BCUT2D eigenvalue weighted by atomic mass is 32.2. The molecule has 0 aromatic carbocycles. The number of rotatable bonds is 8. The normalized spacial score (nSPS) is 23.1. The number of ketones is 1. The molecule has 3 heterocycles. The van der Waals surface area contributed by atoms with Crippen molar-refractivity contribution in [2.45, 2.75) is 97.0 Å². The van der Waals surface area contributed by atoms with Crippen molar-refractivity contribution in [3.63, 3.8) is 0 Å². The van der Waals surface area contributed by atoms with E-state index in [1.165, 1.54) is 24.8 Å². The van der Waals surface area contributed by atoms with Crippen LogP contribution < -0.4 is 10.0 Å². The van der Waals surface area contributed by atoms with Gasteiger partial charge in [0.05, 0.1) is 24.3 Å². The number of hydrogen-bond donors (Lipinski definition) is 2. The predicted octanol–water partition coefficient (Wildman–Crippen LogP) is 2.79. The average molecular weight is 639 g/mol. The van der Waals surface area contributed by atoms with E-state index in [4.69, 9.17) is 23.1 Å². The van der Waals surface area contributed by atoms with Gasteiger partial charge in [-0.3, -0.25) is 8.98 Å². The minimum atomic E-state index is -4.49. The van der Waals surface area contributed by atoms with E-state index in [9.17, 15) is 22.8 Å². The average Bonchev–Trinajstić information content (AvgIpc) is 3.55. The molecule has 2 fully saturated rings. The number of nitrogens with one attached hydrogen (secondary N) is 2. The molecule has 1 aliphatic heterocycles. The molecule has 1 amide bonds. The number of carbonyl (C=O) groups excluding carboxylic acids is 3. The molecule has 2 N–H and O–H groups in total. The summed E-state index contributed by atoms with van der Waals surface area (Å²) in [6.07, 6.45) is 1.15. The molecule has 2 aromatic heterocycles. The third kappa shape index (κ3) is 8.49. The monoisotopic (exact) mass is 638 g/mol. The van der Waals surface area contributed by atoms with E-state index in [1.54, 1.807) is 60.1 Å². The van der Waals surface area contributed by atoms with Crippen LogP contribution in [-0.2, 0) is 33.4 Å². The van der Waals surface area contributed by atoms with Crippen molar-refractivity contribution < 1.29 is 45.9 Å². The molecule has 2 aromatic rings. The van der Waals surface area contributed by atoms with Gasteiger partial charge >= 0.3 is 22.5 Å². The molecule has 16 nitrogen and oxygen atoms in total. The van der Waals surface area contributed by atoms with Gasteiger partial charge in [0.1, 0.15) is 35.1 Å². The van der Waals surface area contributed by atoms with Crippen molar-refractivity contribution in [3.8, 4) is 0 Å². The van der Waals surface area contributed by atoms with Crippen molar-refractivity contribution in [2.75, 3.05) is 11.9 Å². The van der Waals surface area contributed by atoms with Crippen LogP contribution in [0, 0.1) is 5.92 Å². The quantitative estimate of drug-likeness (QED) is 0.400. The van der Waals surface area contributed by atoms with Gasteiger partial charge in [-0.15, -0.1) is 0 Å². The molecule has 1 saturated heterocycles. The van der Waals surface area contributed by atoms with Gasteiger partial charge in [0.25, 0.3) is 0 Å². The summed E-state index contributed by atoms with van der Waals surface area (Å²) in [6.45, 7) is 13.0. The lowest BCUT2D eigenvalue weighted by atomic mass is 10.1. The van der Waals surface area contributed by atoms with E-state index in [0.29, 0.717) is 6.42 Å². The zero-order chi connectivity index (χ0) is 32.7. The molecule has 4 atom stereocenters. The number of ether oxygens (including phenoxy) is 4. The lowest BCUT2D eigenvalue weighted by Crippen LogP contribution is -2.38. The van der Waals surface area contributed by atoms with Gasteiger partial charge in [-0.05, 0) is 67.9 Å². The number of fused-ring (bicyclic) bond motifs is 1. The first-order chi connectivity index (χ1) is 20.2. The summed E-state index contributed by atoms with van der Waals surface area (Å²) in [6, 6.07) is 0.891. The highest BCUT2D eigenvalue weighted by Crippen LogP contribution is 2.43. The number of aromatic nitrogens is 4. The molecule has 44 heavy (non-hydrogen) atoms.